The molecule has 0 bridgehead atoms. The SMILES string of the molecule is COc1ccc(COc2c[c-]ccc2)cc1.[Zn+][Br]. The molecule has 0 N–H and O–H groups in total. The summed E-state index contributed by atoms with van der Waals surface area (Å²) in [5, 5.41) is 0. The van der Waals surface area contributed by atoms with Crippen LogP contribution in [0.25, 0.3) is 0 Å². The van der Waals surface area contributed by atoms with Gasteiger partial charge < -0.3 is 9.47 Å². The van der Waals surface area contributed by atoms with E-state index < -0.39 is 0 Å². The van der Waals surface area contributed by atoms with E-state index in [0.717, 1.165) is 17.1 Å². The van der Waals surface area contributed by atoms with Crippen molar-refractivity contribution in [2.45, 2.75) is 6.61 Å². The second-order valence-corrected chi connectivity index (χ2v) is 3.38. The fourth-order valence-electron chi connectivity index (χ4n) is 1.36. The topological polar surface area (TPSA) is 18.5 Å². The summed E-state index contributed by atoms with van der Waals surface area (Å²) in [5.74, 6) is 1.69. The number of hydrogen-bond acceptors (Lipinski definition) is 2. The van der Waals surface area contributed by atoms with Crippen LogP contribution in [0.2, 0.25) is 0 Å². The van der Waals surface area contributed by atoms with Crippen LogP contribution in [-0.2, 0) is 22.9 Å². The van der Waals surface area contributed by atoms with Crippen LogP contribution in [0.15, 0.2) is 48.5 Å². The van der Waals surface area contributed by atoms with Gasteiger partial charge in [0.15, 0.2) is 0 Å². The number of halogens is 1. The Balaban J connectivity index is 0.000000771. The summed E-state index contributed by atoms with van der Waals surface area (Å²) >= 11 is 4.25. The second-order valence-electron chi connectivity index (χ2n) is 3.38. The Kier molecular flexibility index (Phi) is 7.71. The molecule has 0 atom stereocenters. The summed E-state index contributed by atoms with van der Waals surface area (Å²) in [7, 11) is 1.66. The average molecular weight is 359 g/mol. The predicted octanol–water partition coefficient (Wildman–Crippen LogP) is 3.92. The zero-order valence-corrected chi connectivity index (χ0v) is 14.8. The molecule has 0 amide bonds. The minimum atomic E-state index is 0.557. The van der Waals surface area contributed by atoms with Gasteiger partial charge in [-0.15, -0.1) is 12.1 Å². The monoisotopic (exact) mass is 356 g/mol. The molecule has 2 rings (SSSR count). The molecule has 0 aliphatic carbocycles. The van der Waals surface area contributed by atoms with E-state index in [-0.39, 0.29) is 0 Å². The van der Waals surface area contributed by atoms with Crippen molar-refractivity contribution < 1.29 is 25.8 Å². The van der Waals surface area contributed by atoms with Gasteiger partial charge in [-0.05, 0) is 17.7 Å². The van der Waals surface area contributed by atoms with Gasteiger partial charge in [-0.2, -0.15) is 18.2 Å². The van der Waals surface area contributed by atoms with Crippen LogP contribution < -0.4 is 9.47 Å². The van der Waals surface area contributed by atoms with E-state index >= 15 is 0 Å². The molecule has 0 unspecified atom stereocenters. The molecule has 0 spiro atoms. The van der Waals surface area contributed by atoms with E-state index in [9.17, 15) is 0 Å². The molecule has 0 heterocycles. The molecule has 0 fully saturated rings. The standard InChI is InChI=1S/C14H13O2.BrH.Zn/c1-15-13-9-7-12(8-10-13)11-16-14-5-3-2-4-6-14;;/h2-3,5-10H,11H2,1H3;1H;/q-1;;+2/p-1. The summed E-state index contributed by atoms with van der Waals surface area (Å²) in [5.41, 5.74) is 1.12. The van der Waals surface area contributed by atoms with Crippen LogP contribution in [0.3, 0.4) is 0 Å². The second kappa shape index (κ2) is 9.12. The summed E-state index contributed by atoms with van der Waals surface area (Å²) < 4.78 is 10.7. The van der Waals surface area contributed by atoms with Crippen LogP contribution in [0.1, 0.15) is 5.56 Å². The zero-order chi connectivity index (χ0) is 13.2. The van der Waals surface area contributed by atoms with E-state index in [1.165, 1.54) is 16.3 Å². The maximum atomic E-state index is 5.59. The van der Waals surface area contributed by atoms with Crippen molar-refractivity contribution in [3.63, 3.8) is 0 Å². The minimum absolute atomic E-state index is 0.557. The van der Waals surface area contributed by atoms with Gasteiger partial charge in [0.1, 0.15) is 5.75 Å². The molecular weight excluding hydrogens is 345 g/mol. The van der Waals surface area contributed by atoms with Gasteiger partial charge >= 0.3 is 30.0 Å². The number of rotatable bonds is 4. The van der Waals surface area contributed by atoms with E-state index in [4.69, 9.17) is 9.47 Å². The number of benzene rings is 2. The molecule has 0 aliphatic rings. The van der Waals surface area contributed by atoms with Crippen molar-refractivity contribution in [3.8, 4) is 11.5 Å². The van der Waals surface area contributed by atoms with Crippen molar-refractivity contribution in [1.82, 2.24) is 0 Å². The molecule has 2 nitrogen and oxygen atoms in total. The van der Waals surface area contributed by atoms with Crippen LogP contribution >= 0.6 is 13.6 Å². The van der Waals surface area contributed by atoms with E-state index in [1.54, 1.807) is 7.11 Å². The first-order valence-corrected chi connectivity index (χ1v) is 12.3. The third-order valence-electron chi connectivity index (χ3n) is 2.24. The van der Waals surface area contributed by atoms with Crippen molar-refractivity contribution in [2.75, 3.05) is 7.11 Å². The van der Waals surface area contributed by atoms with Gasteiger partial charge in [-0.1, -0.05) is 12.1 Å². The molecule has 90 valence electrons. The molecule has 0 aromatic heterocycles. The van der Waals surface area contributed by atoms with Crippen molar-refractivity contribution in [3.05, 3.63) is 60.2 Å². The van der Waals surface area contributed by atoms with Crippen molar-refractivity contribution in [1.29, 1.82) is 0 Å². The Morgan fingerprint density at radius 1 is 1.11 bits per heavy atom. The maximum absolute atomic E-state index is 5.59. The van der Waals surface area contributed by atoms with Gasteiger partial charge in [0, 0.05) is 5.75 Å². The van der Waals surface area contributed by atoms with Crippen LogP contribution in [-0.4, -0.2) is 7.11 Å². The Hall–Kier alpha value is -0.857. The first-order chi connectivity index (χ1) is 8.88. The number of hydrogen-bond donors (Lipinski definition) is 0. The van der Waals surface area contributed by atoms with Crippen LogP contribution in [0.4, 0.5) is 0 Å². The van der Waals surface area contributed by atoms with Crippen molar-refractivity contribution >= 4 is 13.6 Å². The van der Waals surface area contributed by atoms with Crippen LogP contribution in [0, 0.1) is 6.07 Å². The summed E-state index contributed by atoms with van der Waals surface area (Å²) in [6.07, 6.45) is 0. The Morgan fingerprint density at radius 3 is 2.39 bits per heavy atom. The third kappa shape index (κ3) is 5.20. The molecule has 0 aliphatic heterocycles. The predicted molar refractivity (Wildman–Crippen MR) is 71.5 cm³/mol. The van der Waals surface area contributed by atoms with Gasteiger partial charge in [0.2, 0.25) is 0 Å². The van der Waals surface area contributed by atoms with Gasteiger partial charge in [0.25, 0.3) is 0 Å². The first kappa shape index (κ1) is 15.2. The molecule has 18 heavy (non-hydrogen) atoms. The van der Waals surface area contributed by atoms with Gasteiger partial charge in [-0.3, -0.25) is 0 Å². The molecule has 0 saturated heterocycles. The Morgan fingerprint density at radius 2 is 1.83 bits per heavy atom. The molecular formula is C14H13BrO2Zn. The van der Waals surface area contributed by atoms with E-state index in [2.05, 4.69) is 19.7 Å². The quantitative estimate of drug-likeness (QED) is 0.609. The number of ether oxygens (including phenoxy) is 2. The fraction of sp³-hybridized carbons (Fsp3) is 0.143. The molecule has 0 saturated carbocycles. The molecule has 2 aromatic carbocycles. The van der Waals surface area contributed by atoms with E-state index in [0.29, 0.717) is 6.61 Å². The average Bonchev–Trinajstić information content (AvgIpc) is 2.49. The van der Waals surface area contributed by atoms with Gasteiger partial charge in [0.05, 0.1) is 13.7 Å². The first-order valence-electron chi connectivity index (χ1n) is 5.37. The Bertz CT molecular complexity index is 431. The van der Waals surface area contributed by atoms with Crippen molar-refractivity contribution in [2.24, 2.45) is 0 Å². The zero-order valence-electron chi connectivity index (χ0n) is 10.2. The fourth-order valence-corrected chi connectivity index (χ4v) is 1.36. The molecule has 0 radical (unpaired) electrons. The summed E-state index contributed by atoms with van der Waals surface area (Å²) in [4.78, 5) is 0. The summed E-state index contributed by atoms with van der Waals surface area (Å²) in [6.45, 7) is 0.557. The van der Waals surface area contributed by atoms with Gasteiger partial charge in [-0.25, -0.2) is 0 Å². The van der Waals surface area contributed by atoms with Crippen LogP contribution in [0.5, 0.6) is 11.5 Å². The molecule has 4 heteroatoms. The summed E-state index contributed by atoms with van der Waals surface area (Å²) in [6, 6.07) is 18.3. The normalized spacial score (nSPS) is 9.11. The molecule has 2 aromatic rings. The van der Waals surface area contributed by atoms with E-state index in [1.807, 2.05) is 48.5 Å². The number of methoxy groups -OCH3 is 1. The third-order valence-corrected chi connectivity index (χ3v) is 2.24. The Labute approximate surface area is 124 Å².